The van der Waals surface area contributed by atoms with Gasteiger partial charge in [0.1, 0.15) is 43.2 Å². The Morgan fingerprint density at radius 1 is 0.897 bits per heavy atom. The number of hydrogen-bond donors (Lipinski definition) is 7. The normalized spacial score (nSPS) is 34.7. The van der Waals surface area contributed by atoms with Gasteiger partial charge in [0.2, 0.25) is 11.5 Å². The van der Waals surface area contributed by atoms with E-state index in [4.69, 9.17) is 33.2 Å². The van der Waals surface area contributed by atoms with Crippen LogP contribution in [-0.2, 0) is 23.7 Å². The average Bonchev–Trinajstić information content (AvgIpc) is 3.21. The van der Waals surface area contributed by atoms with E-state index in [0.29, 0.717) is 22.8 Å². The molecular formula is C24H34O15. The molecule has 0 amide bonds. The lowest BCUT2D eigenvalue weighted by Crippen LogP contribution is -2.63. The molecule has 15 nitrogen and oxygen atoms in total. The summed E-state index contributed by atoms with van der Waals surface area (Å²) in [6.45, 7) is -2.59. The lowest BCUT2D eigenvalue weighted by atomic mass is 9.99. The van der Waals surface area contributed by atoms with Crippen LogP contribution < -0.4 is 14.2 Å². The molecule has 9 atom stereocenters. The first-order valence-electron chi connectivity index (χ1n) is 11.8. The maximum Gasteiger partial charge on any atom is 0.331 e. The minimum atomic E-state index is -2.38. The minimum Gasteiger partial charge on any atom is -0.493 e. The molecule has 2 aliphatic heterocycles. The van der Waals surface area contributed by atoms with Crippen LogP contribution in [0.5, 0.6) is 17.2 Å². The number of hydrogen-bond acceptors (Lipinski definition) is 15. The second kappa shape index (κ2) is 13.2. The average molecular weight is 563 g/mol. The fourth-order valence-electron chi connectivity index (χ4n) is 4.30. The number of carbonyl (C=O) groups is 1. The van der Waals surface area contributed by atoms with Crippen LogP contribution in [-0.4, -0.2) is 138 Å². The molecule has 220 valence electrons. The fraction of sp³-hybridized carbons (Fsp3) is 0.625. The van der Waals surface area contributed by atoms with E-state index in [1.807, 2.05) is 0 Å². The zero-order chi connectivity index (χ0) is 28.9. The first-order valence-corrected chi connectivity index (χ1v) is 11.8. The number of ether oxygens (including phenoxy) is 7. The van der Waals surface area contributed by atoms with Gasteiger partial charge in [-0.05, 0) is 23.8 Å². The lowest BCUT2D eigenvalue weighted by molar-refractivity contribution is -0.383. The van der Waals surface area contributed by atoms with Crippen molar-refractivity contribution in [1.82, 2.24) is 0 Å². The third kappa shape index (κ3) is 6.28. The van der Waals surface area contributed by atoms with Gasteiger partial charge in [-0.1, -0.05) is 0 Å². The molecule has 3 rings (SSSR count). The van der Waals surface area contributed by atoms with Crippen LogP contribution in [0.15, 0.2) is 18.2 Å². The highest BCUT2D eigenvalue weighted by molar-refractivity contribution is 5.87. The highest BCUT2D eigenvalue weighted by atomic mass is 16.8. The van der Waals surface area contributed by atoms with E-state index in [9.17, 15) is 40.5 Å². The molecule has 2 heterocycles. The zero-order valence-electron chi connectivity index (χ0n) is 21.4. The van der Waals surface area contributed by atoms with E-state index in [1.54, 1.807) is 12.1 Å². The van der Waals surface area contributed by atoms with Gasteiger partial charge in [-0.25, -0.2) is 4.79 Å². The van der Waals surface area contributed by atoms with Crippen molar-refractivity contribution >= 4 is 12.0 Å². The van der Waals surface area contributed by atoms with E-state index in [1.165, 1.54) is 27.4 Å². The molecule has 2 aliphatic rings. The molecule has 0 aliphatic carbocycles. The standard InChI is InChI=1S/C24H34O15/c1-33-12-6-11(7-13(34-2)21(12)35-3)4-5-16(28)37-22-18(30)15(9-26)38-24(22,10-27)39-23-20(32)19(31)17(29)14(8-25)36-23/h4-7,14-15,17-20,22-23,25-27,29-32H,8-10H2,1-3H3/b5-4+/t14-,15-,17-,18-,19+,20-,22+,23-,24-/m1/s1. The number of aliphatic hydroxyl groups excluding tert-OH is 7. The van der Waals surface area contributed by atoms with Crippen molar-refractivity contribution in [2.45, 2.75) is 54.8 Å². The summed E-state index contributed by atoms with van der Waals surface area (Å²) in [5.74, 6) is -2.43. The van der Waals surface area contributed by atoms with Crippen LogP contribution in [0.3, 0.4) is 0 Å². The smallest absolute Gasteiger partial charge is 0.331 e. The van der Waals surface area contributed by atoms with Gasteiger partial charge in [0.25, 0.3) is 0 Å². The predicted molar refractivity (Wildman–Crippen MR) is 128 cm³/mol. The monoisotopic (exact) mass is 562 g/mol. The SMILES string of the molecule is COc1cc(/C=C/C(=O)O[C@H]2[C@H](O)[C@@H](CO)O[C@]2(CO)O[C@H]2O[C@H](CO)[C@@H](O)[C@H](O)[C@H]2O)cc(OC)c1OC. The molecule has 1 aromatic rings. The summed E-state index contributed by atoms with van der Waals surface area (Å²) in [5.41, 5.74) is 0.448. The molecule has 0 bridgehead atoms. The van der Waals surface area contributed by atoms with Gasteiger partial charge in [-0.15, -0.1) is 0 Å². The Kier molecular flexibility index (Phi) is 10.5. The molecule has 2 fully saturated rings. The topological polar surface area (TPSA) is 223 Å². The summed E-state index contributed by atoms with van der Waals surface area (Å²) in [6.07, 6.45) is -11.1. The Morgan fingerprint density at radius 2 is 1.51 bits per heavy atom. The van der Waals surface area contributed by atoms with Gasteiger partial charge < -0.3 is 68.9 Å². The molecular weight excluding hydrogens is 528 g/mol. The predicted octanol–water partition coefficient (Wildman–Crippen LogP) is -3.11. The zero-order valence-corrected chi connectivity index (χ0v) is 21.4. The number of carbonyl (C=O) groups excluding carboxylic acids is 1. The van der Waals surface area contributed by atoms with Crippen molar-refractivity contribution in [1.29, 1.82) is 0 Å². The first kappa shape index (κ1) is 31.0. The third-order valence-corrected chi connectivity index (χ3v) is 6.38. The van der Waals surface area contributed by atoms with Crippen LogP contribution in [0.1, 0.15) is 5.56 Å². The van der Waals surface area contributed by atoms with Crippen molar-refractivity contribution in [2.24, 2.45) is 0 Å². The molecule has 0 unspecified atom stereocenters. The van der Waals surface area contributed by atoms with Crippen molar-refractivity contribution in [3.8, 4) is 17.2 Å². The molecule has 15 heteroatoms. The number of aliphatic hydroxyl groups is 7. The molecule has 0 radical (unpaired) electrons. The molecule has 1 aromatic carbocycles. The van der Waals surface area contributed by atoms with Gasteiger partial charge in [0.05, 0.1) is 34.5 Å². The van der Waals surface area contributed by atoms with E-state index in [-0.39, 0.29) is 0 Å². The lowest BCUT2D eigenvalue weighted by Gasteiger charge is -2.43. The van der Waals surface area contributed by atoms with Gasteiger partial charge in [0, 0.05) is 6.08 Å². The molecule has 7 N–H and O–H groups in total. The Bertz CT molecular complexity index is 975. The van der Waals surface area contributed by atoms with Crippen LogP contribution in [0.2, 0.25) is 0 Å². The molecule has 0 aromatic heterocycles. The van der Waals surface area contributed by atoms with Crippen molar-refractivity contribution in [3.05, 3.63) is 23.8 Å². The number of esters is 1. The third-order valence-electron chi connectivity index (χ3n) is 6.38. The molecule has 39 heavy (non-hydrogen) atoms. The highest BCUT2D eigenvalue weighted by Crippen LogP contribution is 2.39. The molecule has 0 saturated carbocycles. The fourth-order valence-corrected chi connectivity index (χ4v) is 4.30. The Hall–Kier alpha value is -2.57. The molecule has 2 saturated heterocycles. The van der Waals surface area contributed by atoms with E-state index >= 15 is 0 Å². The Morgan fingerprint density at radius 3 is 2.03 bits per heavy atom. The highest BCUT2D eigenvalue weighted by Gasteiger charge is 2.60. The summed E-state index contributed by atoms with van der Waals surface area (Å²) in [5, 5.41) is 70.3. The van der Waals surface area contributed by atoms with Crippen LogP contribution >= 0.6 is 0 Å². The maximum absolute atomic E-state index is 12.7. The van der Waals surface area contributed by atoms with Crippen molar-refractivity contribution in [3.63, 3.8) is 0 Å². The van der Waals surface area contributed by atoms with Gasteiger partial charge in [-0.3, -0.25) is 0 Å². The molecule has 0 spiro atoms. The van der Waals surface area contributed by atoms with Crippen molar-refractivity contribution in [2.75, 3.05) is 41.2 Å². The number of rotatable bonds is 11. The first-order chi connectivity index (χ1) is 18.6. The van der Waals surface area contributed by atoms with Crippen molar-refractivity contribution < 1.29 is 73.7 Å². The summed E-state index contributed by atoms with van der Waals surface area (Å²) in [6, 6.07) is 3.11. The van der Waals surface area contributed by atoms with Crippen LogP contribution in [0, 0.1) is 0 Å². The second-order valence-electron chi connectivity index (χ2n) is 8.76. The minimum absolute atomic E-state index is 0.322. The number of benzene rings is 1. The Labute approximate surface area is 223 Å². The summed E-state index contributed by atoms with van der Waals surface area (Å²) < 4.78 is 37.5. The van der Waals surface area contributed by atoms with Gasteiger partial charge in [0.15, 0.2) is 23.9 Å². The quantitative estimate of drug-likeness (QED) is 0.105. The summed E-state index contributed by atoms with van der Waals surface area (Å²) >= 11 is 0. The Balaban J connectivity index is 1.84. The van der Waals surface area contributed by atoms with Gasteiger partial charge >= 0.3 is 5.97 Å². The maximum atomic E-state index is 12.7. The summed E-state index contributed by atoms with van der Waals surface area (Å²) in [7, 11) is 4.27. The van der Waals surface area contributed by atoms with Crippen LogP contribution in [0.25, 0.3) is 6.08 Å². The number of methoxy groups -OCH3 is 3. The van der Waals surface area contributed by atoms with E-state index in [0.717, 1.165) is 6.08 Å². The van der Waals surface area contributed by atoms with Crippen LogP contribution in [0.4, 0.5) is 0 Å². The van der Waals surface area contributed by atoms with E-state index in [2.05, 4.69) is 0 Å². The largest absolute Gasteiger partial charge is 0.493 e. The van der Waals surface area contributed by atoms with Gasteiger partial charge in [-0.2, -0.15) is 0 Å². The van der Waals surface area contributed by atoms with E-state index < -0.39 is 80.6 Å². The summed E-state index contributed by atoms with van der Waals surface area (Å²) in [4.78, 5) is 12.7. The second-order valence-corrected chi connectivity index (χ2v) is 8.76.